The molecule has 0 bridgehead atoms. The van der Waals surface area contributed by atoms with Crippen LogP contribution in [0.4, 0.5) is 11.4 Å². The fourth-order valence-electron chi connectivity index (χ4n) is 3.87. The summed E-state index contributed by atoms with van der Waals surface area (Å²) >= 11 is 0. The minimum Gasteiger partial charge on any atom is -0.490 e. The summed E-state index contributed by atoms with van der Waals surface area (Å²) in [4.78, 5) is 27.0. The van der Waals surface area contributed by atoms with Crippen LogP contribution in [0, 0.1) is 17.0 Å². The van der Waals surface area contributed by atoms with Gasteiger partial charge >= 0.3 is 5.69 Å². The Labute approximate surface area is 193 Å². The minimum atomic E-state index is -3.91. The molecular formula is C22H28N4O6S. The summed E-state index contributed by atoms with van der Waals surface area (Å²) in [6, 6.07) is 11.3. The lowest BCUT2D eigenvalue weighted by atomic mass is 10.1. The summed E-state index contributed by atoms with van der Waals surface area (Å²) in [7, 11) is -2.63. The molecule has 0 aromatic heterocycles. The molecule has 1 fully saturated rings. The maximum Gasteiger partial charge on any atom is 0.312 e. The van der Waals surface area contributed by atoms with Crippen molar-refractivity contribution in [2.45, 2.75) is 18.7 Å². The molecule has 2 aromatic carbocycles. The predicted molar refractivity (Wildman–Crippen MR) is 124 cm³/mol. The third-order valence-electron chi connectivity index (χ3n) is 5.70. The number of aryl methyl sites for hydroxylation is 1. The summed E-state index contributed by atoms with van der Waals surface area (Å²) in [5, 5.41) is 11.3. The average Bonchev–Trinajstić information content (AvgIpc) is 2.80. The highest BCUT2D eigenvalue weighted by molar-refractivity contribution is 7.89. The van der Waals surface area contributed by atoms with Gasteiger partial charge in [-0.25, -0.2) is 8.42 Å². The molecule has 0 N–H and O–H groups in total. The number of nitrogens with zero attached hydrogens (tertiary/aromatic N) is 4. The zero-order valence-electron chi connectivity index (χ0n) is 18.9. The molecule has 1 amide bonds. The van der Waals surface area contributed by atoms with Crippen molar-refractivity contribution < 1.29 is 22.9 Å². The van der Waals surface area contributed by atoms with E-state index in [1.54, 1.807) is 4.90 Å². The molecule has 10 nitrogen and oxygen atoms in total. The van der Waals surface area contributed by atoms with Crippen LogP contribution in [0.5, 0.6) is 5.75 Å². The lowest BCUT2D eigenvalue weighted by Crippen LogP contribution is -2.51. The van der Waals surface area contributed by atoms with Crippen LogP contribution in [0.2, 0.25) is 0 Å². The molecule has 0 aliphatic carbocycles. The van der Waals surface area contributed by atoms with Crippen molar-refractivity contribution in [3.63, 3.8) is 0 Å². The highest BCUT2D eigenvalue weighted by atomic mass is 32.2. The number of piperazine rings is 1. The Morgan fingerprint density at radius 2 is 1.82 bits per heavy atom. The first-order chi connectivity index (χ1) is 15.7. The highest BCUT2D eigenvalue weighted by Crippen LogP contribution is 2.31. The number of nitro benzene ring substituents is 1. The van der Waals surface area contributed by atoms with Gasteiger partial charge in [0.2, 0.25) is 15.9 Å². The zero-order valence-corrected chi connectivity index (χ0v) is 19.7. The van der Waals surface area contributed by atoms with Gasteiger partial charge in [-0.2, -0.15) is 4.31 Å². The number of ether oxygens (including phenoxy) is 1. The molecule has 2 aromatic rings. The Morgan fingerprint density at radius 1 is 1.15 bits per heavy atom. The first kappa shape index (κ1) is 24.6. The van der Waals surface area contributed by atoms with Crippen molar-refractivity contribution >= 4 is 27.3 Å². The lowest BCUT2D eigenvalue weighted by Gasteiger charge is -2.34. The van der Waals surface area contributed by atoms with Gasteiger partial charge < -0.3 is 9.64 Å². The van der Waals surface area contributed by atoms with Gasteiger partial charge in [0.05, 0.1) is 23.5 Å². The number of anilines is 1. The van der Waals surface area contributed by atoms with E-state index < -0.39 is 20.6 Å². The number of methoxy groups -OCH3 is 1. The number of hydrogen-bond acceptors (Lipinski definition) is 7. The van der Waals surface area contributed by atoms with Crippen LogP contribution in [0.3, 0.4) is 0 Å². The summed E-state index contributed by atoms with van der Waals surface area (Å²) in [5.41, 5.74) is 1.48. The number of carbonyl (C=O) groups is 1. The number of hydrogen-bond donors (Lipinski definition) is 0. The molecule has 0 saturated carbocycles. The number of para-hydroxylation sites is 1. The van der Waals surface area contributed by atoms with Crippen molar-refractivity contribution in [2.24, 2.45) is 0 Å². The third-order valence-corrected chi connectivity index (χ3v) is 7.59. The van der Waals surface area contributed by atoms with E-state index in [2.05, 4.69) is 0 Å². The second-order valence-electron chi connectivity index (χ2n) is 7.70. The van der Waals surface area contributed by atoms with Gasteiger partial charge in [0.25, 0.3) is 0 Å². The van der Waals surface area contributed by atoms with Crippen LogP contribution in [-0.4, -0.2) is 74.8 Å². The van der Waals surface area contributed by atoms with E-state index in [1.165, 1.54) is 23.5 Å². The molecule has 0 radical (unpaired) electrons. The van der Waals surface area contributed by atoms with Crippen molar-refractivity contribution in [3.8, 4) is 5.75 Å². The molecule has 33 heavy (non-hydrogen) atoms. The molecule has 0 atom stereocenters. The van der Waals surface area contributed by atoms with E-state index in [1.807, 2.05) is 43.0 Å². The molecule has 1 saturated heterocycles. The van der Waals surface area contributed by atoms with Gasteiger partial charge in [-0.3, -0.25) is 19.8 Å². The number of carbonyl (C=O) groups excluding carboxylic acids is 1. The van der Waals surface area contributed by atoms with E-state index in [0.29, 0.717) is 19.6 Å². The molecule has 178 valence electrons. The Morgan fingerprint density at radius 3 is 2.39 bits per heavy atom. The van der Waals surface area contributed by atoms with E-state index in [4.69, 9.17) is 4.74 Å². The maximum atomic E-state index is 13.0. The first-order valence-electron chi connectivity index (χ1n) is 10.6. The van der Waals surface area contributed by atoms with E-state index in [9.17, 15) is 23.3 Å². The first-order valence-corrected chi connectivity index (χ1v) is 12.0. The van der Waals surface area contributed by atoms with Crippen LogP contribution >= 0.6 is 0 Å². The van der Waals surface area contributed by atoms with Gasteiger partial charge in [0.15, 0.2) is 5.75 Å². The maximum absolute atomic E-state index is 13.0. The summed E-state index contributed by atoms with van der Waals surface area (Å²) < 4.78 is 32.3. The largest absolute Gasteiger partial charge is 0.490 e. The number of amides is 1. The number of likely N-dealkylation sites (N-methyl/N-ethyl adjacent to an activating group) is 1. The topological polar surface area (TPSA) is 113 Å². The molecule has 1 heterocycles. The highest BCUT2D eigenvalue weighted by Gasteiger charge is 2.31. The Hall–Kier alpha value is -3.02. The molecular weight excluding hydrogens is 448 g/mol. The van der Waals surface area contributed by atoms with Crippen LogP contribution in [0.1, 0.15) is 12.5 Å². The minimum absolute atomic E-state index is 0.00332. The lowest BCUT2D eigenvalue weighted by molar-refractivity contribution is -0.386. The molecule has 1 aliphatic rings. The number of sulfonamides is 1. The van der Waals surface area contributed by atoms with Crippen molar-refractivity contribution in [1.29, 1.82) is 0 Å². The van der Waals surface area contributed by atoms with Crippen LogP contribution in [-0.2, 0) is 14.8 Å². The number of rotatable bonds is 8. The molecule has 11 heteroatoms. The van der Waals surface area contributed by atoms with Crippen molar-refractivity contribution in [1.82, 2.24) is 9.21 Å². The van der Waals surface area contributed by atoms with Crippen molar-refractivity contribution in [2.75, 3.05) is 51.3 Å². The van der Waals surface area contributed by atoms with Crippen molar-refractivity contribution in [3.05, 3.63) is 58.1 Å². The van der Waals surface area contributed by atoms with Crippen LogP contribution < -0.4 is 9.64 Å². The average molecular weight is 477 g/mol. The Kier molecular flexibility index (Phi) is 7.67. The normalized spacial score (nSPS) is 15.2. The molecule has 0 spiro atoms. The number of nitro groups is 1. The smallest absolute Gasteiger partial charge is 0.312 e. The third kappa shape index (κ3) is 5.32. The number of benzene rings is 2. The quantitative estimate of drug-likeness (QED) is 0.424. The fourth-order valence-corrected chi connectivity index (χ4v) is 5.32. The van der Waals surface area contributed by atoms with Gasteiger partial charge in [0.1, 0.15) is 0 Å². The zero-order chi connectivity index (χ0) is 24.2. The van der Waals surface area contributed by atoms with E-state index in [0.717, 1.165) is 17.3 Å². The second-order valence-corrected chi connectivity index (χ2v) is 9.63. The SMILES string of the molecule is CCN(C(=O)CN1CCN(S(=O)(=O)c2ccc(OC)c([N+](=O)[O-])c2)CC1)c1ccccc1C. The fraction of sp³-hybridized carbons (Fsp3) is 0.409. The molecule has 3 rings (SSSR count). The Bertz CT molecular complexity index is 1130. The van der Waals surface area contributed by atoms with Gasteiger partial charge in [-0.1, -0.05) is 18.2 Å². The van der Waals surface area contributed by atoms with Crippen LogP contribution in [0.15, 0.2) is 47.4 Å². The van der Waals surface area contributed by atoms with Gasteiger partial charge in [-0.15, -0.1) is 0 Å². The van der Waals surface area contributed by atoms with Crippen LogP contribution in [0.25, 0.3) is 0 Å². The molecule has 0 unspecified atom stereocenters. The van der Waals surface area contributed by atoms with Gasteiger partial charge in [-0.05, 0) is 37.6 Å². The van der Waals surface area contributed by atoms with E-state index >= 15 is 0 Å². The predicted octanol–water partition coefficient (Wildman–Crippen LogP) is 2.27. The summed E-state index contributed by atoms with van der Waals surface area (Å²) in [6.07, 6.45) is 0. The Balaban J connectivity index is 1.67. The summed E-state index contributed by atoms with van der Waals surface area (Å²) in [5.74, 6) is -0.0506. The standard InChI is InChI=1S/C22H28N4O6S/c1-4-25(19-8-6-5-7-17(19)2)22(27)16-23-11-13-24(14-12-23)33(30,31)18-9-10-21(32-3)20(15-18)26(28)29/h5-10,15H,4,11-14,16H2,1-3H3. The summed E-state index contributed by atoms with van der Waals surface area (Å²) in [6.45, 7) is 5.74. The second kappa shape index (κ2) is 10.3. The molecule has 1 aliphatic heterocycles. The van der Waals surface area contributed by atoms with E-state index in [-0.39, 0.29) is 36.2 Å². The monoisotopic (exact) mass is 476 g/mol. The van der Waals surface area contributed by atoms with Gasteiger partial charge in [0, 0.05) is 44.5 Å².